The number of hydrogen-bond donors (Lipinski definition) is 2. The maximum atomic E-state index is 11.2. The Balaban J connectivity index is 0.000000283. The summed E-state index contributed by atoms with van der Waals surface area (Å²) in [4.78, 5) is 0.298. The van der Waals surface area contributed by atoms with E-state index in [1.54, 1.807) is 6.07 Å². The van der Waals surface area contributed by atoms with Gasteiger partial charge in [0, 0.05) is 18.0 Å². The minimum absolute atomic E-state index is 0.0198. The Morgan fingerprint density at radius 3 is 1.61 bits per heavy atom. The zero-order chi connectivity index (χ0) is 21.7. The van der Waals surface area contributed by atoms with Gasteiger partial charge in [0.25, 0.3) is 0 Å². The van der Waals surface area contributed by atoms with Crippen LogP contribution in [0.25, 0.3) is 0 Å². The molecule has 2 N–H and O–H groups in total. The van der Waals surface area contributed by atoms with Crippen LogP contribution in [-0.4, -0.2) is 60.7 Å². The van der Waals surface area contributed by atoms with Crippen molar-refractivity contribution in [1.29, 1.82) is 0 Å². The second-order valence-electron chi connectivity index (χ2n) is 5.62. The van der Waals surface area contributed by atoms with Crippen LogP contribution in [-0.2, 0) is 19.7 Å². The maximum Gasteiger partial charge on any atom is 0.492 e. The predicted molar refractivity (Wildman–Crippen MR) is 110 cm³/mol. The first-order chi connectivity index (χ1) is 12.8. The van der Waals surface area contributed by atoms with Crippen molar-refractivity contribution in [1.82, 2.24) is 0 Å². The second-order valence-corrected chi connectivity index (χ2v) is 10.5. The van der Waals surface area contributed by atoms with Gasteiger partial charge in [-0.3, -0.25) is 0 Å². The first kappa shape index (κ1) is 24.4. The molecule has 0 aliphatic rings. The largest absolute Gasteiger partial charge is 0.497 e. The van der Waals surface area contributed by atoms with Gasteiger partial charge in [-0.05, 0) is 52.3 Å². The van der Waals surface area contributed by atoms with Crippen molar-refractivity contribution in [2.45, 2.75) is 9.79 Å². The quantitative estimate of drug-likeness (QED) is 0.579. The molecular weight excluding hydrogens is 475 g/mol. The minimum Gasteiger partial charge on any atom is -0.497 e. The van der Waals surface area contributed by atoms with Crippen LogP contribution in [0, 0.1) is 0 Å². The molecule has 0 heterocycles. The molecule has 0 atom stereocenters. The number of methoxy groups -OCH3 is 2. The Morgan fingerprint density at radius 1 is 0.821 bits per heavy atom. The van der Waals surface area contributed by atoms with E-state index in [1.165, 1.54) is 50.8 Å². The highest BCUT2D eigenvalue weighted by atomic mass is 79.9. The normalized spacial score (nSPS) is 11.2. The molecule has 0 unspecified atom stereocenters. The van der Waals surface area contributed by atoms with E-state index in [1.807, 2.05) is 0 Å². The molecule has 2 aromatic carbocycles. The van der Waals surface area contributed by atoms with Crippen molar-refractivity contribution in [3.63, 3.8) is 0 Å². The summed E-state index contributed by atoms with van der Waals surface area (Å²) >= 11 is 3.21. The van der Waals surface area contributed by atoms with E-state index in [0.29, 0.717) is 10.2 Å². The molecule has 2 rings (SSSR count). The Labute approximate surface area is 173 Å². The molecule has 0 radical (unpaired) electrons. The molecule has 0 aliphatic carbocycles. The van der Waals surface area contributed by atoms with E-state index < -0.39 is 26.8 Å². The summed E-state index contributed by atoms with van der Waals surface area (Å²) in [5, 5.41) is 18.0. The molecular formula is C16H20BBrO8S2. The smallest absolute Gasteiger partial charge is 0.492 e. The fourth-order valence-electron chi connectivity index (χ4n) is 2.02. The van der Waals surface area contributed by atoms with Gasteiger partial charge in [0.15, 0.2) is 19.7 Å². The van der Waals surface area contributed by atoms with Gasteiger partial charge in [0.2, 0.25) is 0 Å². The van der Waals surface area contributed by atoms with Gasteiger partial charge in [-0.25, -0.2) is 16.8 Å². The van der Waals surface area contributed by atoms with Gasteiger partial charge < -0.3 is 19.5 Å². The second kappa shape index (κ2) is 9.74. The monoisotopic (exact) mass is 494 g/mol. The van der Waals surface area contributed by atoms with Gasteiger partial charge in [0.05, 0.1) is 28.5 Å². The fraction of sp³-hybridized carbons (Fsp3) is 0.250. The number of ether oxygens (including phenoxy) is 2. The van der Waals surface area contributed by atoms with E-state index in [0.717, 1.165) is 6.26 Å². The van der Waals surface area contributed by atoms with Crippen molar-refractivity contribution < 1.29 is 36.4 Å². The summed E-state index contributed by atoms with van der Waals surface area (Å²) < 4.78 is 55.1. The Bertz CT molecular complexity index is 1040. The van der Waals surface area contributed by atoms with E-state index in [-0.39, 0.29) is 21.0 Å². The van der Waals surface area contributed by atoms with Crippen LogP contribution in [0.5, 0.6) is 11.5 Å². The summed E-state index contributed by atoms with van der Waals surface area (Å²) in [6.45, 7) is 0. The number of rotatable bonds is 5. The van der Waals surface area contributed by atoms with Gasteiger partial charge >= 0.3 is 7.12 Å². The first-order valence-corrected chi connectivity index (χ1v) is 12.2. The summed E-state index contributed by atoms with van der Waals surface area (Å²) in [6.07, 6.45) is 2.21. The van der Waals surface area contributed by atoms with E-state index in [9.17, 15) is 16.8 Å². The average molecular weight is 495 g/mol. The molecule has 0 spiro atoms. The average Bonchev–Trinajstić information content (AvgIpc) is 2.60. The topological polar surface area (TPSA) is 127 Å². The lowest BCUT2D eigenvalue weighted by molar-refractivity contribution is 0.403. The summed E-state index contributed by atoms with van der Waals surface area (Å²) in [5.41, 5.74) is 0.0282. The molecule has 0 saturated carbocycles. The third-order valence-electron chi connectivity index (χ3n) is 3.46. The van der Waals surface area contributed by atoms with Gasteiger partial charge in [-0.15, -0.1) is 0 Å². The lowest BCUT2D eigenvalue weighted by atomic mass is 9.79. The van der Waals surface area contributed by atoms with Crippen molar-refractivity contribution in [3.05, 3.63) is 40.9 Å². The summed E-state index contributed by atoms with van der Waals surface area (Å²) in [6, 6.07) is 8.55. The molecule has 12 heteroatoms. The van der Waals surface area contributed by atoms with E-state index in [2.05, 4.69) is 15.9 Å². The van der Waals surface area contributed by atoms with Gasteiger partial charge in [-0.2, -0.15) is 0 Å². The maximum absolute atomic E-state index is 11.2. The molecule has 0 saturated heterocycles. The standard InChI is InChI=1S/C8H11BO5S.C8H9BrO3S/c1-14-8-4-3-6(15(2,12)13)5-7(8)9(10)11;1-12-8-4-3-6(5-7(8)9)13(2,10)11/h3-5,10-11H,1-2H3;3-5H,1-2H3. The molecule has 0 fully saturated rings. The Kier molecular flexibility index (Phi) is 8.51. The molecule has 2 aromatic rings. The highest BCUT2D eigenvalue weighted by Gasteiger charge is 2.19. The molecule has 8 nitrogen and oxygen atoms in total. The SMILES string of the molecule is COc1ccc(S(C)(=O)=O)cc1B(O)O.COc1ccc(S(C)(=O)=O)cc1Br. The lowest BCUT2D eigenvalue weighted by Crippen LogP contribution is -2.31. The van der Waals surface area contributed by atoms with E-state index in [4.69, 9.17) is 19.5 Å². The molecule has 0 amide bonds. The van der Waals surface area contributed by atoms with Crippen LogP contribution in [0.3, 0.4) is 0 Å². The van der Waals surface area contributed by atoms with Crippen LogP contribution < -0.4 is 14.9 Å². The highest BCUT2D eigenvalue weighted by Crippen LogP contribution is 2.27. The summed E-state index contributed by atoms with van der Waals surface area (Å²) in [7, 11) is -5.37. The van der Waals surface area contributed by atoms with Crippen molar-refractivity contribution in [3.8, 4) is 11.5 Å². The number of halogens is 1. The van der Waals surface area contributed by atoms with Crippen LogP contribution in [0.15, 0.2) is 50.7 Å². The van der Waals surface area contributed by atoms with Crippen molar-refractivity contribution in [2.24, 2.45) is 0 Å². The zero-order valence-corrected chi connectivity index (χ0v) is 18.8. The van der Waals surface area contributed by atoms with Gasteiger partial charge in [0.1, 0.15) is 11.5 Å². The molecule has 0 aromatic heterocycles. The fourth-order valence-corrected chi connectivity index (χ4v) is 4.02. The third kappa shape index (κ3) is 6.78. The first-order valence-electron chi connectivity index (χ1n) is 7.59. The lowest BCUT2D eigenvalue weighted by Gasteiger charge is -2.08. The molecule has 0 bridgehead atoms. The predicted octanol–water partition coefficient (Wildman–Crippen LogP) is 0.640. The Hall–Kier alpha value is -1.60. The van der Waals surface area contributed by atoms with Crippen LogP contribution in [0.2, 0.25) is 0 Å². The molecule has 154 valence electrons. The van der Waals surface area contributed by atoms with E-state index >= 15 is 0 Å². The number of benzene rings is 2. The highest BCUT2D eigenvalue weighted by molar-refractivity contribution is 9.10. The van der Waals surface area contributed by atoms with Crippen LogP contribution in [0.4, 0.5) is 0 Å². The molecule has 0 aliphatic heterocycles. The van der Waals surface area contributed by atoms with Crippen LogP contribution in [0.1, 0.15) is 0 Å². The van der Waals surface area contributed by atoms with Crippen molar-refractivity contribution in [2.75, 3.05) is 26.7 Å². The number of sulfone groups is 2. The Morgan fingerprint density at radius 2 is 1.25 bits per heavy atom. The van der Waals surface area contributed by atoms with Crippen molar-refractivity contribution >= 4 is 48.2 Å². The zero-order valence-electron chi connectivity index (χ0n) is 15.6. The minimum atomic E-state index is -3.36. The number of hydrogen-bond acceptors (Lipinski definition) is 8. The summed E-state index contributed by atoms with van der Waals surface area (Å²) in [5.74, 6) is 0.852. The third-order valence-corrected chi connectivity index (χ3v) is 6.30. The molecule has 28 heavy (non-hydrogen) atoms. The van der Waals surface area contributed by atoms with Crippen LogP contribution >= 0.6 is 15.9 Å². The van der Waals surface area contributed by atoms with Gasteiger partial charge in [-0.1, -0.05) is 0 Å².